The Bertz CT molecular complexity index is 400. The van der Waals surface area contributed by atoms with E-state index in [4.69, 9.17) is 0 Å². The van der Waals surface area contributed by atoms with Gasteiger partial charge in [0, 0.05) is 10.2 Å². The Morgan fingerprint density at radius 2 is 2.06 bits per heavy atom. The van der Waals surface area contributed by atoms with Crippen LogP contribution in [0.15, 0.2) is 28.7 Å². The molecule has 0 spiro atoms. The lowest BCUT2D eigenvalue weighted by Crippen LogP contribution is -2.43. The SMILES string of the molecule is O=C(O)C1(Nc2cccc(Br)c2)CCCC1. The lowest BCUT2D eigenvalue weighted by molar-refractivity contribution is -0.142. The van der Waals surface area contributed by atoms with Gasteiger partial charge in [-0.15, -0.1) is 0 Å². The number of halogens is 1. The van der Waals surface area contributed by atoms with Crippen molar-refractivity contribution < 1.29 is 9.90 Å². The van der Waals surface area contributed by atoms with E-state index >= 15 is 0 Å². The van der Waals surface area contributed by atoms with Gasteiger partial charge in [-0.1, -0.05) is 34.8 Å². The predicted octanol–water partition coefficient (Wildman–Crippen LogP) is 3.26. The summed E-state index contributed by atoms with van der Waals surface area (Å²) in [6, 6.07) is 7.63. The quantitative estimate of drug-likeness (QED) is 0.895. The molecule has 0 unspecified atom stereocenters. The fraction of sp³-hybridized carbons (Fsp3) is 0.417. The molecule has 2 rings (SSSR count). The molecule has 0 aromatic heterocycles. The zero-order valence-corrected chi connectivity index (χ0v) is 10.5. The molecule has 16 heavy (non-hydrogen) atoms. The second-order valence-corrected chi connectivity index (χ2v) is 5.15. The molecular formula is C12H14BrNO2. The molecule has 0 radical (unpaired) electrons. The number of aliphatic carboxylic acids is 1. The monoisotopic (exact) mass is 283 g/mol. The van der Waals surface area contributed by atoms with Crippen LogP contribution in [0.4, 0.5) is 5.69 Å². The lowest BCUT2D eigenvalue weighted by Gasteiger charge is -2.26. The van der Waals surface area contributed by atoms with Crippen molar-refractivity contribution in [3.05, 3.63) is 28.7 Å². The summed E-state index contributed by atoms with van der Waals surface area (Å²) in [7, 11) is 0. The van der Waals surface area contributed by atoms with Crippen molar-refractivity contribution >= 4 is 27.6 Å². The molecule has 2 N–H and O–H groups in total. The number of nitrogens with one attached hydrogen (secondary N) is 1. The van der Waals surface area contributed by atoms with E-state index in [-0.39, 0.29) is 0 Å². The predicted molar refractivity (Wildman–Crippen MR) is 66.6 cm³/mol. The number of carbonyl (C=O) groups is 1. The van der Waals surface area contributed by atoms with Gasteiger partial charge in [0.25, 0.3) is 0 Å². The molecule has 4 heteroatoms. The molecule has 0 bridgehead atoms. The third-order valence-corrected chi connectivity index (χ3v) is 3.57. The summed E-state index contributed by atoms with van der Waals surface area (Å²) in [6.07, 6.45) is 3.37. The van der Waals surface area contributed by atoms with E-state index in [1.165, 1.54) is 0 Å². The van der Waals surface area contributed by atoms with Gasteiger partial charge in [0.05, 0.1) is 0 Å². The topological polar surface area (TPSA) is 49.3 Å². The first kappa shape index (κ1) is 11.5. The van der Waals surface area contributed by atoms with Crippen LogP contribution in [-0.4, -0.2) is 16.6 Å². The molecule has 0 heterocycles. The molecule has 1 saturated carbocycles. The molecular weight excluding hydrogens is 270 g/mol. The van der Waals surface area contributed by atoms with E-state index in [2.05, 4.69) is 21.2 Å². The van der Waals surface area contributed by atoms with E-state index in [1.54, 1.807) is 0 Å². The average Bonchev–Trinajstić information content (AvgIpc) is 2.67. The van der Waals surface area contributed by atoms with Gasteiger partial charge in [-0.05, 0) is 31.0 Å². The van der Waals surface area contributed by atoms with Crippen molar-refractivity contribution in [2.75, 3.05) is 5.32 Å². The largest absolute Gasteiger partial charge is 0.480 e. The standard InChI is InChI=1S/C12H14BrNO2/c13-9-4-3-5-10(8-9)14-12(11(15)16)6-1-2-7-12/h3-5,8,14H,1-2,6-7H2,(H,15,16). The fourth-order valence-electron chi connectivity index (χ4n) is 2.21. The Morgan fingerprint density at radius 3 is 2.62 bits per heavy atom. The molecule has 0 saturated heterocycles. The highest BCUT2D eigenvalue weighted by atomic mass is 79.9. The summed E-state index contributed by atoms with van der Waals surface area (Å²) in [6.45, 7) is 0. The van der Waals surface area contributed by atoms with E-state index in [9.17, 15) is 9.90 Å². The Morgan fingerprint density at radius 1 is 1.38 bits per heavy atom. The first-order chi connectivity index (χ1) is 7.62. The molecule has 0 aliphatic heterocycles. The number of benzene rings is 1. The maximum atomic E-state index is 11.3. The first-order valence-electron chi connectivity index (χ1n) is 5.40. The molecule has 1 aliphatic rings. The summed E-state index contributed by atoms with van der Waals surface area (Å²) in [5.41, 5.74) is 0.0968. The molecule has 3 nitrogen and oxygen atoms in total. The Hall–Kier alpha value is -1.03. The molecule has 0 amide bonds. The van der Waals surface area contributed by atoms with E-state index in [0.29, 0.717) is 12.8 Å². The second-order valence-electron chi connectivity index (χ2n) is 4.23. The van der Waals surface area contributed by atoms with Crippen LogP contribution in [0.3, 0.4) is 0 Å². The van der Waals surface area contributed by atoms with Gasteiger partial charge in [0.2, 0.25) is 0 Å². The fourth-order valence-corrected chi connectivity index (χ4v) is 2.61. The van der Waals surface area contributed by atoms with Gasteiger partial charge in [0.15, 0.2) is 0 Å². The zero-order chi connectivity index (χ0) is 11.6. The van der Waals surface area contributed by atoms with Gasteiger partial charge in [-0.25, -0.2) is 4.79 Å². The van der Waals surface area contributed by atoms with Crippen LogP contribution in [0.25, 0.3) is 0 Å². The van der Waals surface area contributed by atoms with Gasteiger partial charge in [0.1, 0.15) is 5.54 Å². The summed E-state index contributed by atoms with van der Waals surface area (Å²) in [5.74, 6) is -0.745. The van der Waals surface area contributed by atoms with E-state index < -0.39 is 11.5 Å². The van der Waals surface area contributed by atoms with Crippen molar-refractivity contribution in [2.45, 2.75) is 31.2 Å². The number of carboxylic acids is 1. The van der Waals surface area contributed by atoms with Crippen molar-refractivity contribution in [3.63, 3.8) is 0 Å². The van der Waals surface area contributed by atoms with Crippen LogP contribution in [0.5, 0.6) is 0 Å². The van der Waals surface area contributed by atoms with Crippen LogP contribution in [0.2, 0.25) is 0 Å². The Kier molecular flexibility index (Phi) is 3.19. The summed E-state index contributed by atoms with van der Waals surface area (Å²) >= 11 is 3.38. The number of rotatable bonds is 3. The Balaban J connectivity index is 2.21. The maximum Gasteiger partial charge on any atom is 0.329 e. The molecule has 1 aromatic rings. The highest BCUT2D eigenvalue weighted by Crippen LogP contribution is 2.33. The molecule has 86 valence electrons. The average molecular weight is 284 g/mol. The van der Waals surface area contributed by atoms with Crippen molar-refractivity contribution in [2.24, 2.45) is 0 Å². The van der Waals surface area contributed by atoms with E-state index in [1.807, 2.05) is 24.3 Å². The minimum absolute atomic E-state index is 0.703. The molecule has 1 fully saturated rings. The first-order valence-corrected chi connectivity index (χ1v) is 6.19. The second kappa shape index (κ2) is 4.45. The van der Waals surface area contributed by atoms with E-state index in [0.717, 1.165) is 23.0 Å². The zero-order valence-electron chi connectivity index (χ0n) is 8.87. The van der Waals surface area contributed by atoms with Crippen LogP contribution in [-0.2, 0) is 4.79 Å². The minimum atomic E-state index is -0.763. The van der Waals surface area contributed by atoms with Crippen LogP contribution in [0.1, 0.15) is 25.7 Å². The third-order valence-electron chi connectivity index (χ3n) is 3.07. The number of hydrogen-bond donors (Lipinski definition) is 2. The van der Waals surface area contributed by atoms with Crippen LogP contribution < -0.4 is 5.32 Å². The number of carboxylic acid groups (broad SMARTS) is 1. The lowest BCUT2D eigenvalue weighted by atomic mass is 9.97. The van der Waals surface area contributed by atoms with Gasteiger partial charge >= 0.3 is 5.97 Å². The van der Waals surface area contributed by atoms with Crippen LogP contribution >= 0.6 is 15.9 Å². The Labute approximate surface area is 103 Å². The maximum absolute atomic E-state index is 11.3. The van der Waals surface area contributed by atoms with Crippen molar-refractivity contribution in [3.8, 4) is 0 Å². The number of hydrogen-bond acceptors (Lipinski definition) is 2. The minimum Gasteiger partial charge on any atom is -0.480 e. The van der Waals surface area contributed by atoms with Crippen molar-refractivity contribution in [1.82, 2.24) is 0 Å². The molecule has 1 aromatic carbocycles. The highest BCUT2D eigenvalue weighted by molar-refractivity contribution is 9.10. The number of anilines is 1. The smallest absolute Gasteiger partial charge is 0.329 e. The van der Waals surface area contributed by atoms with Gasteiger partial charge < -0.3 is 10.4 Å². The third kappa shape index (κ3) is 2.21. The van der Waals surface area contributed by atoms with Gasteiger partial charge in [-0.2, -0.15) is 0 Å². The highest BCUT2D eigenvalue weighted by Gasteiger charge is 2.41. The molecule has 1 aliphatic carbocycles. The summed E-state index contributed by atoms with van der Waals surface area (Å²) in [5, 5.41) is 12.5. The molecule has 0 atom stereocenters. The summed E-state index contributed by atoms with van der Waals surface area (Å²) in [4.78, 5) is 11.3. The van der Waals surface area contributed by atoms with Crippen LogP contribution in [0, 0.1) is 0 Å². The van der Waals surface area contributed by atoms with Crippen molar-refractivity contribution in [1.29, 1.82) is 0 Å². The normalized spacial score (nSPS) is 18.3. The van der Waals surface area contributed by atoms with Gasteiger partial charge in [-0.3, -0.25) is 0 Å². The summed E-state index contributed by atoms with van der Waals surface area (Å²) < 4.78 is 0.955.